The molecule has 2 atom stereocenters. The van der Waals surface area contributed by atoms with Crippen molar-refractivity contribution in [3.8, 4) is 0 Å². The molecule has 0 bridgehead atoms. The summed E-state index contributed by atoms with van der Waals surface area (Å²) in [5.41, 5.74) is 8.02. The second-order valence-corrected chi connectivity index (χ2v) is 5.78. The maximum Gasteiger partial charge on any atom is 0.227 e. The summed E-state index contributed by atoms with van der Waals surface area (Å²) < 4.78 is 0. The Labute approximate surface area is 121 Å². The lowest BCUT2D eigenvalue weighted by Crippen LogP contribution is -2.35. The van der Waals surface area contributed by atoms with Crippen molar-refractivity contribution in [1.29, 1.82) is 0 Å². The van der Waals surface area contributed by atoms with Gasteiger partial charge in [0.1, 0.15) is 0 Å². The first-order chi connectivity index (χ1) is 9.76. The molecule has 110 valence electrons. The molecule has 0 heterocycles. The third-order valence-corrected chi connectivity index (χ3v) is 4.34. The molecule has 0 radical (unpaired) electrons. The molecule has 1 aliphatic rings. The monoisotopic (exact) mass is 274 g/mol. The van der Waals surface area contributed by atoms with Crippen molar-refractivity contribution in [3.63, 3.8) is 0 Å². The number of aryl methyl sites for hydroxylation is 1. The summed E-state index contributed by atoms with van der Waals surface area (Å²) in [5.74, 6) is 0.592. The third kappa shape index (κ3) is 3.60. The number of carbonyl (C=O) groups excluding carboxylic acids is 1. The van der Waals surface area contributed by atoms with Gasteiger partial charge in [-0.2, -0.15) is 0 Å². The molecule has 0 spiro atoms. The number of hydrogen-bond acceptors (Lipinski definition) is 2. The lowest BCUT2D eigenvalue weighted by molar-refractivity contribution is -0.122. The molecule has 0 aliphatic heterocycles. The number of nitrogens with two attached hydrogens (primary N) is 1. The van der Waals surface area contributed by atoms with Gasteiger partial charge in [0.15, 0.2) is 0 Å². The van der Waals surface area contributed by atoms with E-state index in [9.17, 15) is 4.79 Å². The highest BCUT2D eigenvalue weighted by Gasteiger charge is 2.30. The van der Waals surface area contributed by atoms with Crippen LogP contribution in [0.3, 0.4) is 0 Å². The van der Waals surface area contributed by atoms with Gasteiger partial charge in [-0.15, -0.1) is 0 Å². The molecule has 1 saturated carbocycles. The van der Waals surface area contributed by atoms with Crippen LogP contribution < -0.4 is 11.1 Å². The van der Waals surface area contributed by atoms with Crippen molar-refractivity contribution < 1.29 is 4.79 Å². The van der Waals surface area contributed by atoms with E-state index in [1.165, 1.54) is 12.0 Å². The van der Waals surface area contributed by atoms with Gasteiger partial charge in [-0.05, 0) is 43.4 Å². The Balaban J connectivity index is 2.07. The summed E-state index contributed by atoms with van der Waals surface area (Å²) in [5, 5.41) is 3.13. The molecular weight excluding hydrogens is 248 g/mol. The molecule has 20 heavy (non-hydrogen) atoms. The average Bonchev–Trinajstić information content (AvgIpc) is 2.49. The molecule has 2 rings (SSSR count). The van der Waals surface area contributed by atoms with Crippen LogP contribution in [0.5, 0.6) is 0 Å². The first-order valence-electron chi connectivity index (χ1n) is 7.85. The lowest BCUT2D eigenvalue weighted by atomic mass is 9.78. The van der Waals surface area contributed by atoms with E-state index in [2.05, 4.69) is 18.3 Å². The van der Waals surface area contributed by atoms with Gasteiger partial charge < -0.3 is 11.1 Å². The third-order valence-electron chi connectivity index (χ3n) is 4.34. The standard InChI is InChI=1S/C17H26N2O/c1-2-7-13-8-4-6-11-16(13)19-17(20)15-10-5-3-9-14(15)12-18/h4,6,8,11,14-15H,2-3,5,7,9-10,12,18H2,1H3,(H,19,20). The maximum absolute atomic E-state index is 12.5. The highest BCUT2D eigenvalue weighted by molar-refractivity contribution is 5.93. The van der Waals surface area contributed by atoms with Gasteiger partial charge in [0.25, 0.3) is 0 Å². The highest BCUT2D eigenvalue weighted by Crippen LogP contribution is 2.30. The Morgan fingerprint density at radius 2 is 2.05 bits per heavy atom. The van der Waals surface area contributed by atoms with E-state index in [0.29, 0.717) is 12.5 Å². The minimum Gasteiger partial charge on any atom is -0.330 e. The van der Waals surface area contributed by atoms with E-state index in [1.54, 1.807) is 0 Å². The highest BCUT2D eigenvalue weighted by atomic mass is 16.1. The summed E-state index contributed by atoms with van der Waals surface area (Å²) in [6.45, 7) is 2.78. The average molecular weight is 274 g/mol. The van der Waals surface area contributed by atoms with Gasteiger partial charge in [-0.1, -0.05) is 44.4 Å². The fourth-order valence-electron chi connectivity index (χ4n) is 3.19. The van der Waals surface area contributed by atoms with Gasteiger partial charge in [-0.25, -0.2) is 0 Å². The second-order valence-electron chi connectivity index (χ2n) is 5.78. The minimum atomic E-state index is 0.0865. The number of carbonyl (C=O) groups is 1. The minimum absolute atomic E-state index is 0.0865. The van der Waals surface area contributed by atoms with Crippen molar-refractivity contribution in [2.45, 2.75) is 45.4 Å². The molecule has 1 aromatic rings. The molecule has 3 heteroatoms. The number of rotatable bonds is 5. The smallest absolute Gasteiger partial charge is 0.227 e. The van der Waals surface area contributed by atoms with Crippen LogP contribution >= 0.6 is 0 Å². The molecule has 2 unspecified atom stereocenters. The molecule has 0 aromatic heterocycles. The zero-order valence-corrected chi connectivity index (χ0v) is 12.4. The van der Waals surface area contributed by atoms with Gasteiger partial charge in [0, 0.05) is 11.6 Å². The van der Waals surface area contributed by atoms with Crippen molar-refractivity contribution >= 4 is 11.6 Å². The van der Waals surface area contributed by atoms with Crippen LogP contribution in [0, 0.1) is 11.8 Å². The maximum atomic E-state index is 12.5. The lowest BCUT2D eigenvalue weighted by Gasteiger charge is -2.29. The Bertz CT molecular complexity index is 444. The largest absolute Gasteiger partial charge is 0.330 e. The summed E-state index contributed by atoms with van der Waals surface area (Å²) in [6.07, 6.45) is 6.50. The summed E-state index contributed by atoms with van der Waals surface area (Å²) in [4.78, 5) is 12.5. The Morgan fingerprint density at radius 1 is 1.30 bits per heavy atom. The van der Waals surface area contributed by atoms with Crippen LogP contribution in [-0.2, 0) is 11.2 Å². The topological polar surface area (TPSA) is 55.1 Å². The van der Waals surface area contributed by atoms with Crippen LogP contribution in [0.2, 0.25) is 0 Å². The molecular formula is C17H26N2O. The Kier molecular flexibility index (Phi) is 5.60. The zero-order chi connectivity index (χ0) is 14.4. The fraction of sp³-hybridized carbons (Fsp3) is 0.588. The van der Waals surface area contributed by atoms with Crippen LogP contribution in [0.25, 0.3) is 0 Å². The Hall–Kier alpha value is -1.35. The summed E-state index contributed by atoms with van der Waals surface area (Å²) in [7, 11) is 0. The van der Waals surface area contributed by atoms with Crippen molar-refractivity contribution in [2.24, 2.45) is 17.6 Å². The van der Waals surface area contributed by atoms with Crippen LogP contribution in [-0.4, -0.2) is 12.5 Å². The molecule has 1 aromatic carbocycles. The molecule has 1 amide bonds. The van der Waals surface area contributed by atoms with Gasteiger partial charge >= 0.3 is 0 Å². The van der Waals surface area contributed by atoms with Crippen LogP contribution in [0.1, 0.15) is 44.6 Å². The number of para-hydroxylation sites is 1. The number of amides is 1. The SMILES string of the molecule is CCCc1ccccc1NC(=O)C1CCCCC1CN. The second kappa shape index (κ2) is 7.44. The molecule has 0 saturated heterocycles. The molecule has 1 aliphatic carbocycles. The predicted molar refractivity (Wildman–Crippen MR) is 83.6 cm³/mol. The van der Waals surface area contributed by atoms with Crippen LogP contribution in [0.4, 0.5) is 5.69 Å². The summed E-state index contributed by atoms with van der Waals surface area (Å²) in [6, 6.07) is 8.11. The number of benzene rings is 1. The summed E-state index contributed by atoms with van der Waals surface area (Å²) >= 11 is 0. The molecule has 3 N–H and O–H groups in total. The number of nitrogens with one attached hydrogen (secondary N) is 1. The van der Waals surface area contributed by atoms with E-state index >= 15 is 0 Å². The molecule has 1 fully saturated rings. The number of hydrogen-bond donors (Lipinski definition) is 2. The zero-order valence-electron chi connectivity index (χ0n) is 12.4. The first kappa shape index (κ1) is 15.0. The Morgan fingerprint density at radius 3 is 2.80 bits per heavy atom. The quantitative estimate of drug-likeness (QED) is 0.865. The van der Waals surface area contributed by atoms with Crippen LogP contribution in [0.15, 0.2) is 24.3 Å². The number of anilines is 1. The van der Waals surface area contributed by atoms with Crippen molar-refractivity contribution in [3.05, 3.63) is 29.8 Å². The van der Waals surface area contributed by atoms with E-state index in [0.717, 1.165) is 37.8 Å². The first-order valence-corrected chi connectivity index (χ1v) is 7.85. The van der Waals surface area contributed by atoms with Crippen molar-refractivity contribution in [2.75, 3.05) is 11.9 Å². The molecule has 3 nitrogen and oxygen atoms in total. The van der Waals surface area contributed by atoms with E-state index in [4.69, 9.17) is 5.73 Å². The van der Waals surface area contributed by atoms with Gasteiger partial charge in [0.2, 0.25) is 5.91 Å². The van der Waals surface area contributed by atoms with E-state index in [-0.39, 0.29) is 11.8 Å². The fourth-order valence-corrected chi connectivity index (χ4v) is 3.19. The van der Waals surface area contributed by atoms with E-state index in [1.807, 2.05) is 18.2 Å². The predicted octanol–water partition coefficient (Wildman–Crippen LogP) is 3.34. The van der Waals surface area contributed by atoms with Crippen molar-refractivity contribution in [1.82, 2.24) is 0 Å². The van der Waals surface area contributed by atoms with Gasteiger partial charge in [-0.3, -0.25) is 4.79 Å². The normalized spacial score (nSPS) is 22.5. The van der Waals surface area contributed by atoms with Gasteiger partial charge in [0.05, 0.1) is 0 Å². The van der Waals surface area contributed by atoms with E-state index < -0.39 is 0 Å².